The summed E-state index contributed by atoms with van der Waals surface area (Å²) in [5.41, 5.74) is 0. The van der Waals surface area contributed by atoms with Crippen molar-refractivity contribution in [2.24, 2.45) is 0 Å². The number of hydrogen-bond donors (Lipinski definition) is 3. The molecule has 6 heteroatoms. The third kappa shape index (κ3) is 43.7. The topological polar surface area (TPSA) is 95.9 Å². The Bertz CT molecular complexity index is 1140. The quantitative estimate of drug-likeness (QED) is 0.0245. The Hall–Kier alpha value is -2.70. The molecule has 0 heterocycles. The normalized spacial score (nSPS) is 13.9. The van der Waals surface area contributed by atoms with E-state index < -0.39 is 18.2 Å². The summed E-state index contributed by atoms with van der Waals surface area (Å²) in [4.78, 5) is 26.1. The molecule has 3 unspecified atom stereocenters. The Morgan fingerprint density at radius 1 is 0.508 bits per heavy atom. The van der Waals surface area contributed by atoms with Gasteiger partial charge < -0.3 is 20.3 Å². The fourth-order valence-electron chi connectivity index (χ4n) is 7.50. The molecule has 0 aromatic heterocycles. The van der Waals surface area contributed by atoms with Crippen LogP contribution in [0.5, 0.6) is 0 Å². The van der Waals surface area contributed by atoms with Gasteiger partial charge in [-0.25, -0.2) is 0 Å². The molecule has 0 bridgehead atoms. The predicted octanol–water partition coefficient (Wildman–Crippen LogP) is 15.4. The van der Waals surface area contributed by atoms with Gasteiger partial charge in [0.05, 0.1) is 25.2 Å². The van der Waals surface area contributed by atoms with Crippen LogP contribution in [-0.4, -0.2) is 46.9 Å². The van der Waals surface area contributed by atoms with Crippen LogP contribution in [0.1, 0.15) is 239 Å². The maximum absolute atomic E-state index is 13.2. The van der Waals surface area contributed by atoms with Crippen LogP contribution in [0.4, 0.5) is 0 Å². The average molecular weight is 852 g/mol. The van der Waals surface area contributed by atoms with E-state index in [1.54, 1.807) is 0 Å². The molecule has 0 aliphatic rings. The number of carbonyl (C=O) groups is 2. The number of amides is 1. The van der Waals surface area contributed by atoms with Crippen molar-refractivity contribution >= 4 is 11.9 Å². The highest BCUT2D eigenvalue weighted by molar-refractivity contribution is 5.77. The van der Waals surface area contributed by atoms with Gasteiger partial charge in [-0.05, 0) is 77.0 Å². The molecular formula is C55H97NO5. The first-order chi connectivity index (χ1) is 30.0. The van der Waals surface area contributed by atoms with E-state index in [1.807, 2.05) is 12.2 Å². The molecule has 61 heavy (non-hydrogen) atoms. The van der Waals surface area contributed by atoms with E-state index in [9.17, 15) is 19.8 Å². The van der Waals surface area contributed by atoms with Gasteiger partial charge >= 0.3 is 5.97 Å². The number of aliphatic hydroxyl groups is 2. The monoisotopic (exact) mass is 852 g/mol. The maximum atomic E-state index is 13.2. The summed E-state index contributed by atoms with van der Waals surface area (Å²) in [5.74, 6) is -0.537. The second-order valence-corrected chi connectivity index (χ2v) is 17.2. The third-order valence-corrected chi connectivity index (χ3v) is 11.3. The lowest BCUT2D eigenvalue weighted by Crippen LogP contribution is -2.46. The molecule has 0 aliphatic heterocycles. The Morgan fingerprint density at radius 2 is 0.967 bits per heavy atom. The molecule has 0 saturated heterocycles. The van der Waals surface area contributed by atoms with Gasteiger partial charge in [0, 0.05) is 6.42 Å². The second kappa shape index (κ2) is 48.3. The summed E-state index contributed by atoms with van der Waals surface area (Å²) in [7, 11) is 0. The first-order valence-electron chi connectivity index (χ1n) is 25.7. The molecule has 0 aromatic carbocycles. The van der Waals surface area contributed by atoms with Crippen LogP contribution in [0, 0.1) is 0 Å². The number of hydrogen-bond acceptors (Lipinski definition) is 5. The first kappa shape index (κ1) is 58.3. The van der Waals surface area contributed by atoms with Gasteiger partial charge in [0.2, 0.25) is 5.91 Å². The van der Waals surface area contributed by atoms with Crippen molar-refractivity contribution < 1.29 is 24.5 Å². The number of ether oxygens (including phenoxy) is 1. The van der Waals surface area contributed by atoms with Crippen LogP contribution < -0.4 is 5.32 Å². The van der Waals surface area contributed by atoms with Crippen LogP contribution in [-0.2, 0) is 14.3 Å². The van der Waals surface area contributed by atoms with E-state index in [4.69, 9.17) is 4.74 Å². The Morgan fingerprint density at radius 3 is 1.54 bits per heavy atom. The highest BCUT2D eigenvalue weighted by atomic mass is 16.5. The summed E-state index contributed by atoms with van der Waals surface area (Å²) in [6.07, 6.45) is 61.1. The minimum atomic E-state index is -0.804. The number of rotatable bonds is 45. The molecule has 0 aliphatic carbocycles. The molecular weight excluding hydrogens is 755 g/mol. The van der Waals surface area contributed by atoms with Crippen molar-refractivity contribution in [3.05, 3.63) is 72.9 Å². The van der Waals surface area contributed by atoms with Gasteiger partial charge in [0.25, 0.3) is 0 Å². The van der Waals surface area contributed by atoms with Gasteiger partial charge in [-0.15, -0.1) is 0 Å². The summed E-state index contributed by atoms with van der Waals surface area (Å²) < 4.78 is 5.89. The van der Waals surface area contributed by atoms with Crippen LogP contribution in [0.25, 0.3) is 0 Å². The number of nitrogens with one attached hydrogen (secondary N) is 1. The van der Waals surface area contributed by atoms with Gasteiger partial charge in [-0.1, -0.05) is 222 Å². The third-order valence-electron chi connectivity index (χ3n) is 11.3. The number of allylic oxidation sites excluding steroid dienone is 12. The largest absolute Gasteiger partial charge is 0.462 e. The van der Waals surface area contributed by atoms with Crippen molar-refractivity contribution in [1.82, 2.24) is 5.32 Å². The lowest BCUT2D eigenvalue weighted by molar-refractivity contribution is -0.151. The molecule has 0 fully saturated rings. The van der Waals surface area contributed by atoms with E-state index in [0.29, 0.717) is 19.3 Å². The van der Waals surface area contributed by atoms with E-state index >= 15 is 0 Å². The van der Waals surface area contributed by atoms with E-state index in [1.165, 1.54) is 89.9 Å². The number of unbranched alkanes of at least 4 members (excludes halogenated alkanes) is 23. The lowest BCUT2D eigenvalue weighted by atomic mass is 10.0. The van der Waals surface area contributed by atoms with Crippen molar-refractivity contribution in [2.75, 3.05) is 6.61 Å². The summed E-state index contributed by atoms with van der Waals surface area (Å²) in [6, 6.07) is -0.720. The number of carbonyl (C=O) groups excluding carboxylic acids is 2. The minimum absolute atomic E-state index is 0.0427. The summed E-state index contributed by atoms with van der Waals surface area (Å²) in [5, 5.41) is 23.8. The van der Waals surface area contributed by atoms with Crippen molar-refractivity contribution in [3.8, 4) is 0 Å². The van der Waals surface area contributed by atoms with Crippen LogP contribution in [0.3, 0.4) is 0 Å². The fraction of sp³-hybridized carbons (Fsp3) is 0.745. The van der Waals surface area contributed by atoms with Gasteiger partial charge in [0.1, 0.15) is 6.10 Å². The molecule has 0 rings (SSSR count). The Kier molecular flexibility index (Phi) is 46.2. The summed E-state index contributed by atoms with van der Waals surface area (Å²) in [6.45, 7) is 6.22. The van der Waals surface area contributed by atoms with Crippen LogP contribution in [0.2, 0.25) is 0 Å². The molecule has 0 aromatic rings. The Labute approximate surface area is 377 Å². The molecule has 0 spiro atoms. The number of esters is 1. The molecule has 0 saturated carbocycles. The molecule has 3 atom stereocenters. The van der Waals surface area contributed by atoms with E-state index in [-0.39, 0.29) is 24.9 Å². The zero-order valence-electron chi connectivity index (χ0n) is 40.0. The van der Waals surface area contributed by atoms with Crippen molar-refractivity contribution in [3.63, 3.8) is 0 Å². The second-order valence-electron chi connectivity index (χ2n) is 17.2. The van der Waals surface area contributed by atoms with Gasteiger partial charge in [-0.2, -0.15) is 0 Å². The molecule has 352 valence electrons. The van der Waals surface area contributed by atoms with E-state index in [0.717, 1.165) is 103 Å². The van der Waals surface area contributed by atoms with Crippen molar-refractivity contribution in [1.29, 1.82) is 0 Å². The Balaban J connectivity index is 4.55. The highest BCUT2D eigenvalue weighted by Gasteiger charge is 2.24. The van der Waals surface area contributed by atoms with E-state index in [2.05, 4.69) is 86.8 Å². The van der Waals surface area contributed by atoms with Gasteiger partial charge in [0.15, 0.2) is 0 Å². The molecule has 3 N–H and O–H groups in total. The standard InChI is InChI=1S/C55H97NO5/c1-4-7-10-13-16-19-22-24-26-27-28-29-32-35-38-41-44-47-53(58)52(50-57)56-54(59)49-51(46-43-40-37-34-31-21-18-15-12-9-6-3)61-55(60)48-45-42-39-36-33-30-25-23-20-17-14-11-8-5-2/h8-9,11-12,15,17-18,20-21,25,30-31,51-53,57-58H,4-7,10,13-14,16,19,22-24,26-29,32-50H2,1-3H3,(H,56,59)/b11-8+,12-9+,18-15+,20-17+,30-25+,31-21-. The lowest BCUT2D eigenvalue weighted by Gasteiger charge is -2.24. The minimum Gasteiger partial charge on any atom is -0.462 e. The zero-order chi connectivity index (χ0) is 44.5. The average Bonchev–Trinajstić information content (AvgIpc) is 3.25. The van der Waals surface area contributed by atoms with Crippen molar-refractivity contribution in [2.45, 2.75) is 257 Å². The van der Waals surface area contributed by atoms with Crippen LogP contribution >= 0.6 is 0 Å². The highest BCUT2D eigenvalue weighted by Crippen LogP contribution is 2.17. The predicted molar refractivity (Wildman–Crippen MR) is 264 cm³/mol. The first-order valence-corrected chi connectivity index (χ1v) is 25.7. The van der Waals surface area contributed by atoms with Crippen LogP contribution in [0.15, 0.2) is 72.9 Å². The SMILES string of the molecule is CC/C=C/C=C/C=C\CCCCCC(CC(=O)NC(CO)C(O)CCCCCCCCCCCCCCCCCCC)OC(=O)CCCCCC/C=C/C/C=C/C/C=C/CC. The number of aliphatic hydroxyl groups excluding tert-OH is 2. The summed E-state index contributed by atoms with van der Waals surface area (Å²) >= 11 is 0. The smallest absolute Gasteiger partial charge is 0.306 e. The molecule has 6 nitrogen and oxygen atoms in total. The zero-order valence-corrected chi connectivity index (χ0v) is 40.0. The molecule has 1 amide bonds. The fourth-order valence-corrected chi connectivity index (χ4v) is 7.50. The van der Waals surface area contributed by atoms with Gasteiger partial charge in [-0.3, -0.25) is 9.59 Å². The maximum Gasteiger partial charge on any atom is 0.306 e. The molecule has 0 radical (unpaired) electrons.